The van der Waals surface area contributed by atoms with Crippen LogP contribution in [0.5, 0.6) is 0 Å². The Kier molecular flexibility index (Phi) is 2.63. The number of nitrogens with zero attached hydrogens (tertiary/aromatic N) is 1. The molecule has 2 nitrogen and oxygen atoms in total. The molecule has 0 aromatic rings. The number of hydrogen-bond donors (Lipinski definition) is 0. The van der Waals surface area contributed by atoms with Crippen molar-refractivity contribution in [3.8, 4) is 0 Å². The van der Waals surface area contributed by atoms with E-state index in [4.69, 9.17) is 0 Å². The average Bonchev–Trinajstić information content (AvgIpc) is 2.48. The highest BCUT2D eigenvalue weighted by molar-refractivity contribution is 5.82. The van der Waals surface area contributed by atoms with Gasteiger partial charge in [0, 0.05) is 6.54 Å². The lowest BCUT2D eigenvalue weighted by atomic mass is 10.2. The van der Waals surface area contributed by atoms with E-state index in [0.717, 1.165) is 4.90 Å². The van der Waals surface area contributed by atoms with Gasteiger partial charge in [-0.3, -0.25) is 4.79 Å². The van der Waals surface area contributed by atoms with Gasteiger partial charge in [-0.2, -0.15) is 13.2 Å². The minimum absolute atomic E-state index is 0.176. The van der Waals surface area contributed by atoms with Crippen LogP contribution >= 0.6 is 0 Å². The molecule has 1 heterocycles. The van der Waals surface area contributed by atoms with Crippen molar-refractivity contribution in [3.63, 3.8) is 0 Å². The van der Waals surface area contributed by atoms with E-state index in [2.05, 4.69) is 6.58 Å². The summed E-state index contributed by atoms with van der Waals surface area (Å²) in [5.41, 5.74) is 0. The van der Waals surface area contributed by atoms with Gasteiger partial charge in [0.2, 0.25) is 0 Å². The molecule has 0 spiro atoms. The summed E-state index contributed by atoms with van der Waals surface area (Å²) in [6, 6.07) is -0.450. The molecule has 1 saturated heterocycles. The van der Waals surface area contributed by atoms with Crippen molar-refractivity contribution >= 4 is 5.91 Å². The molecule has 0 bridgehead atoms. The van der Waals surface area contributed by atoms with Crippen LogP contribution in [0.1, 0.15) is 12.8 Å². The van der Waals surface area contributed by atoms with E-state index >= 15 is 0 Å². The smallest absolute Gasteiger partial charge is 0.328 e. The van der Waals surface area contributed by atoms with E-state index in [1.807, 2.05) is 0 Å². The molecule has 0 saturated carbocycles. The summed E-state index contributed by atoms with van der Waals surface area (Å²) in [7, 11) is 0. The molecule has 74 valence electrons. The molecule has 1 amide bonds. The van der Waals surface area contributed by atoms with Crippen molar-refractivity contribution < 1.29 is 18.0 Å². The third kappa shape index (κ3) is 2.02. The third-order valence-corrected chi connectivity index (χ3v) is 2.07. The molecule has 1 fully saturated rings. The number of alkyl halides is 3. The second-order valence-corrected chi connectivity index (χ2v) is 2.94. The molecule has 0 radical (unpaired) electrons. The van der Waals surface area contributed by atoms with E-state index in [-0.39, 0.29) is 6.54 Å². The number of rotatable bonds is 1. The van der Waals surface area contributed by atoms with Crippen LogP contribution in [-0.2, 0) is 4.79 Å². The van der Waals surface area contributed by atoms with Gasteiger partial charge >= 0.3 is 12.1 Å². The van der Waals surface area contributed by atoms with Crippen molar-refractivity contribution in [3.05, 3.63) is 12.7 Å². The molecule has 1 aliphatic rings. The summed E-state index contributed by atoms with van der Waals surface area (Å²) in [4.78, 5) is 11.6. The number of hydrogen-bond acceptors (Lipinski definition) is 1. The molecule has 0 aliphatic carbocycles. The van der Waals surface area contributed by atoms with E-state index in [9.17, 15) is 18.0 Å². The SMILES string of the molecule is C=CC1CCCN1C(=O)C(F)(F)F. The number of carbonyl (C=O) groups excluding carboxylic acids is 1. The molecule has 1 rings (SSSR count). The Morgan fingerprint density at radius 2 is 2.15 bits per heavy atom. The number of likely N-dealkylation sites (tertiary alicyclic amines) is 1. The first kappa shape index (κ1) is 10.1. The lowest BCUT2D eigenvalue weighted by Crippen LogP contribution is -2.43. The second-order valence-electron chi connectivity index (χ2n) is 2.94. The summed E-state index contributed by atoms with van der Waals surface area (Å²) in [5.74, 6) is -1.75. The van der Waals surface area contributed by atoms with Gasteiger partial charge in [-0.1, -0.05) is 6.08 Å². The predicted octanol–water partition coefficient (Wildman–Crippen LogP) is 1.73. The van der Waals surface area contributed by atoms with Gasteiger partial charge in [0.15, 0.2) is 0 Å². The molecule has 0 aromatic heterocycles. The van der Waals surface area contributed by atoms with Crippen LogP contribution in [0.25, 0.3) is 0 Å². The van der Waals surface area contributed by atoms with E-state index in [1.54, 1.807) is 0 Å². The highest BCUT2D eigenvalue weighted by Gasteiger charge is 2.45. The maximum absolute atomic E-state index is 12.0. The van der Waals surface area contributed by atoms with Gasteiger partial charge in [0.1, 0.15) is 0 Å². The van der Waals surface area contributed by atoms with Gasteiger partial charge < -0.3 is 4.90 Å². The summed E-state index contributed by atoms with van der Waals surface area (Å²) in [6.07, 6.45) is -2.19. The standard InChI is InChI=1S/C8H10F3NO/c1-2-6-4-3-5-12(6)7(13)8(9,10)11/h2,6H,1,3-5H2. The van der Waals surface area contributed by atoms with Crippen LogP contribution < -0.4 is 0 Å². The van der Waals surface area contributed by atoms with Crippen molar-refractivity contribution in [2.45, 2.75) is 25.1 Å². The second kappa shape index (κ2) is 3.40. The monoisotopic (exact) mass is 193 g/mol. The maximum atomic E-state index is 12.0. The zero-order valence-corrected chi connectivity index (χ0v) is 6.97. The summed E-state index contributed by atoms with van der Waals surface area (Å²) in [5, 5.41) is 0. The van der Waals surface area contributed by atoms with Crippen molar-refractivity contribution in [1.82, 2.24) is 4.90 Å². The number of amides is 1. The van der Waals surface area contributed by atoms with Crippen LogP contribution in [0.15, 0.2) is 12.7 Å². The maximum Gasteiger partial charge on any atom is 0.471 e. The van der Waals surface area contributed by atoms with E-state index in [1.165, 1.54) is 6.08 Å². The Morgan fingerprint density at radius 3 is 2.62 bits per heavy atom. The Balaban J connectivity index is 2.71. The zero-order valence-electron chi connectivity index (χ0n) is 6.97. The first-order valence-corrected chi connectivity index (χ1v) is 3.97. The quantitative estimate of drug-likeness (QED) is 0.581. The third-order valence-electron chi connectivity index (χ3n) is 2.07. The fourth-order valence-corrected chi connectivity index (χ4v) is 1.45. The summed E-state index contributed by atoms with van der Waals surface area (Å²) in [6.45, 7) is 3.57. The minimum atomic E-state index is -4.76. The van der Waals surface area contributed by atoms with Crippen molar-refractivity contribution in [2.24, 2.45) is 0 Å². The van der Waals surface area contributed by atoms with E-state index in [0.29, 0.717) is 12.8 Å². The molecule has 1 unspecified atom stereocenters. The molecule has 1 atom stereocenters. The topological polar surface area (TPSA) is 20.3 Å². The van der Waals surface area contributed by atoms with Crippen LogP contribution in [0.3, 0.4) is 0 Å². The zero-order chi connectivity index (χ0) is 10.1. The molecule has 5 heteroatoms. The number of carbonyl (C=O) groups is 1. The van der Waals surface area contributed by atoms with Crippen LogP contribution in [0, 0.1) is 0 Å². The van der Waals surface area contributed by atoms with Gasteiger partial charge in [-0.05, 0) is 12.8 Å². The molecule has 0 aromatic carbocycles. The molecule has 1 aliphatic heterocycles. The van der Waals surface area contributed by atoms with Crippen LogP contribution in [0.4, 0.5) is 13.2 Å². The minimum Gasteiger partial charge on any atom is -0.328 e. The first-order chi connectivity index (χ1) is 5.96. The molecular formula is C8H10F3NO. The van der Waals surface area contributed by atoms with E-state index < -0.39 is 18.1 Å². The molecular weight excluding hydrogens is 183 g/mol. The van der Waals surface area contributed by atoms with Gasteiger partial charge in [0.05, 0.1) is 6.04 Å². The van der Waals surface area contributed by atoms with Gasteiger partial charge in [-0.15, -0.1) is 6.58 Å². The summed E-state index contributed by atoms with van der Waals surface area (Å²) < 4.78 is 36.0. The largest absolute Gasteiger partial charge is 0.471 e. The van der Waals surface area contributed by atoms with Gasteiger partial charge in [-0.25, -0.2) is 0 Å². The van der Waals surface area contributed by atoms with Crippen LogP contribution in [0.2, 0.25) is 0 Å². The molecule has 0 N–H and O–H groups in total. The molecule has 13 heavy (non-hydrogen) atoms. The Labute approximate surface area is 74.0 Å². The Hall–Kier alpha value is -1.00. The van der Waals surface area contributed by atoms with Crippen molar-refractivity contribution in [2.75, 3.05) is 6.54 Å². The number of halogens is 3. The lowest BCUT2D eigenvalue weighted by molar-refractivity contribution is -0.185. The highest BCUT2D eigenvalue weighted by Crippen LogP contribution is 2.25. The Morgan fingerprint density at radius 1 is 1.54 bits per heavy atom. The lowest BCUT2D eigenvalue weighted by Gasteiger charge is -2.22. The summed E-state index contributed by atoms with van der Waals surface area (Å²) >= 11 is 0. The van der Waals surface area contributed by atoms with Gasteiger partial charge in [0.25, 0.3) is 0 Å². The Bertz CT molecular complexity index is 224. The fourth-order valence-electron chi connectivity index (χ4n) is 1.45. The normalized spacial score (nSPS) is 23.3. The van der Waals surface area contributed by atoms with Crippen molar-refractivity contribution in [1.29, 1.82) is 0 Å². The highest BCUT2D eigenvalue weighted by atomic mass is 19.4. The average molecular weight is 193 g/mol. The first-order valence-electron chi connectivity index (χ1n) is 3.97. The predicted molar refractivity (Wildman–Crippen MR) is 41.0 cm³/mol. The van der Waals surface area contributed by atoms with Crippen LogP contribution in [-0.4, -0.2) is 29.6 Å². The fraction of sp³-hybridized carbons (Fsp3) is 0.625.